The third-order valence-electron chi connectivity index (χ3n) is 7.86. The van der Waals surface area contributed by atoms with E-state index in [1.165, 1.54) is 4.90 Å². The van der Waals surface area contributed by atoms with Crippen molar-refractivity contribution in [1.29, 1.82) is 0 Å². The fourth-order valence-corrected chi connectivity index (χ4v) is 5.81. The van der Waals surface area contributed by atoms with Crippen LogP contribution in [0.5, 0.6) is 5.75 Å². The molecular weight excluding hydrogens is 486 g/mol. The Balaban J connectivity index is 1.58. The van der Waals surface area contributed by atoms with Gasteiger partial charge >= 0.3 is 5.97 Å². The van der Waals surface area contributed by atoms with E-state index in [4.69, 9.17) is 5.11 Å². The molecule has 3 aliphatic rings. The molecule has 2 aliphatic heterocycles. The number of nitrogens with zero attached hydrogens (tertiary/aromatic N) is 4. The van der Waals surface area contributed by atoms with Gasteiger partial charge in [0.1, 0.15) is 5.75 Å². The van der Waals surface area contributed by atoms with E-state index >= 15 is 0 Å². The first-order valence-electron chi connectivity index (χ1n) is 13.5. The topological polar surface area (TPSA) is 126 Å². The van der Waals surface area contributed by atoms with Gasteiger partial charge in [0.2, 0.25) is 0 Å². The SMILES string of the molecule is CC1=C(CN(C)C)C(=O)N(C2CCCCC2)C(=O)/C1=N/Nc1cccc(C2CCN(CC(=O)O)CC2)c1O. The first-order chi connectivity index (χ1) is 18.2. The number of likely N-dealkylation sites (tertiary alicyclic amines) is 1. The minimum absolute atomic E-state index is 0.0227. The summed E-state index contributed by atoms with van der Waals surface area (Å²) in [4.78, 5) is 43.2. The number of phenolic OH excluding ortho intramolecular Hbond substituents is 1. The second-order valence-corrected chi connectivity index (χ2v) is 10.9. The quantitative estimate of drug-likeness (QED) is 0.269. The number of para-hydroxylation sites is 1. The second-order valence-electron chi connectivity index (χ2n) is 10.9. The maximum absolute atomic E-state index is 13.6. The zero-order chi connectivity index (χ0) is 27.4. The monoisotopic (exact) mass is 525 g/mol. The molecule has 0 spiro atoms. The number of rotatable bonds is 8. The zero-order valence-electron chi connectivity index (χ0n) is 22.6. The lowest BCUT2D eigenvalue weighted by atomic mass is 9.88. The summed E-state index contributed by atoms with van der Waals surface area (Å²) < 4.78 is 0. The molecule has 206 valence electrons. The van der Waals surface area contributed by atoms with Crippen molar-refractivity contribution in [3.05, 3.63) is 34.9 Å². The predicted molar refractivity (Wildman–Crippen MR) is 145 cm³/mol. The van der Waals surface area contributed by atoms with Crippen LogP contribution in [0.3, 0.4) is 0 Å². The van der Waals surface area contributed by atoms with E-state index in [0.717, 1.165) is 50.5 Å². The predicted octanol–water partition coefficient (Wildman–Crippen LogP) is 3.00. The number of hydrogen-bond donors (Lipinski definition) is 3. The summed E-state index contributed by atoms with van der Waals surface area (Å²) in [5.74, 6) is -1.29. The zero-order valence-corrected chi connectivity index (χ0v) is 22.6. The number of carboxylic acids is 1. The van der Waals surface area contributed by atoms with Crippen LogP contribution in [-0.4, -0.2) is 94.7 Å². The number of phenols is 1. The molecule has 1 saturated heterocycles. The van der Waals surface area contributed by atoms with E-state index < -0.39 is 11.9 Å². The molecular formula is C28H39N5O5. The molecule has 2 heterocycles. The van der Waals surface area contributed by atoms with E-state index in [-0.39, 0.29) is 35.9 Å². The fraction of sp³-hybridized carbons (Fsp3) is 0.571. The lowest BCUT2D eigenvalue weighted by Gasteiger charge is -2.37. The number of piperidine rings is 1. The lowest BCUT2D eigenvalue weighted by Crippen LogP contribution is -2.53. The van der Waals surface area contributed by atoms with E-state index in [1.54, 1.807) is 13.0 Å². The number of carboxylic acid groups (broad SMARTS) is 1. The van der Waals surface area contributed by atoms with Gasteiger partial charge in [-0.2, -0.15) is 5.10 Å². The molecule has 0 unspecified atom stereocenters. The number of hydrazone groups is 1. The van der Waals surface area contributed by atoms with Crippen LogP contribution in [0, 0.1) is 0 Å². The van der Waals surface area contributed by atoms with Crippen molar-refractivity contribution in [1.82, 2.24) is 14.7 Å². The molecule has 1 aromatic rings. The third kappa shape index (κ3) is 6.07. The Hall–Kier alpha value is -3.24. The number of carbonyl (C=O) groups excluding carboxylic acids is 2. The molecule has 1 aromatic carbocycles. The summed E-state index contributed by atoms with van der Waals surface area (Å²) in [7, 11) is 3.78. The van der Waals surface area contributed by atoms with Crippen molar-refractivity contribution in [3.63, 3.8) is 0 Å². The maximum Gasteiger partial charge on any atom is 0.317 e. The first-order valence-corrected chi connectivity index (χ1v) is 13.5. The molecule has 0 aromatic heterocycles. The molecule has 10 nitrogen and oxygen atoms in total. The Labute approximate surface area is 224 Å². The number of benzene rings is 1. The Morgan fingerprint density at radius 2 is 1.76 bits per heavy atom. The average molecular weight is 526 g/mol. The van der Waals surface area contributed by atoms with E-state index in [1.807, 2.05) is 36.0 Å². The van der Waals surface area contributed by atoms with Gasteiger partial charge in [-0.05, 0) is 82.9 Å². The van der Waals surface area contributed by atoms with E-state index in [2.05, 4.69) is 10.5 Å². The van der Waals surface area contributed by atoms with Gasteiger partial charge in [0.25, 0.3) is 11.8 Å². The largest absolute Gasteiger partial charge is 0.505 e. The van der Waals surface area contributed by atoms with Gasteiger partial charge in [-0.25, -0.2) is 0 Å². The van der Waals surface area contributed by atoms with Crippen molar-refractivity contribution in [3.8, 4) is 5.75 Å². The van der Waals surface area contributed by atoms with Gasteiger partial charge in [0.05, 0.1) is 12.2 Å². The molecule has 2 amide bonds. The van der Waals surface area contributed by atoms with Crippen LogP contribution in [0.2, 0.25) is 0 Å². The number of nitrogens with one attached hydrogen (secondary N) is 1. The van der Waals surface area contributed by atoms with Crippen molar-refractivity contribution < 1.29 is 24.6 Å². The van der Waals surface area contributed by atoms with Crippen molar-refractivity contribution in [2.45, 2.75) is 63.8 Å². The van der Waals surface area contributed by atoms with Crippen LogP contribution in [0.25, 0.3) is 0 Å². The lowest BCUT2D eigenvalue weighted by molar-refractivity contribution is -0.142. The van der Waals surface area contributed by atoms with Crippen LogP contribution < -0.4 is 5.43 Å². The molecule has 0 bridgehead atoms. The number of imide groups is 1. The number of carbonyl (C=O) groups is 3. The summed E-state index contributed by atoms with van der Waals surface area (Å²) >= 11 is 0. The summed E-state index contributed by atoms with van der Waals surface area (Å²) in [5.41, 5.74) is 5.38. The molecule has 3 N–H and O–H groups in total. The molecule has 10 heteroatoms. The smallest absolute Gasteiger partial charge is 0.317 e. The number of amides is 2. The highest BCUT2D eigenvalue weighted by Crippen LogP contribution is 2.38. The summed E-state index contributed by atoms with van der Waals surface area (Å²) in [6, 6.07) is 5.30. The van der Waals surface area contributed by atoms with Gasteiger partial charge in [0, 0.05) is 18.2 Å². The summed E-state index contributed by atoms with van der Waals surface area (Å²) in [6.45, 7) is 3.48. The number of anilines is 1. The highest BCUT2D eigenvalue weighted by Gasteiger charge is 2.41. The van der Waals surface area contributed by atoms with Gasteiger partial charge in [-0.3, -0.25) is 29.6 Å². The molecule has 1 saturated carbocycles. The van der Waals surface area contributed by atoms with Crippen LogP contribution in [0.15, 0.2) is 34.4 Å². The van der Waals surface area contributed by atoms with Crippen molar-refractivity contribution in [2.24, 2.45) is 5.10 Å². The highest BCUT2D eigenvalue weighted by molar-refractivity contribution is 6.50. The minimum Gasteiger partial charge on any atom is -0.505 e. The van der Waals surface area contributed by atoms with Crippen LogP contribution >= 0.6 is 0 Å². The van der Waals surface area contributed by atoms with Crippen molar-refractivity contribution in [2.75, 3.05) is 45.7 Å². The van der Waals surface area contributed by atoms with E-state index in [9.17, 15) is 19.5 Å². The van der Waals surface area contributed by atoms with Crippen molar-refractivity contribution >= 4 is 29.2 Å². The van der Waals surface area contributed by atoms with E-state index in [0.29, 0.717) is 36.5 Å². The second kappa shape index (κ2) is 12.1. The number of likely N-dealkylation sites (N-methyl/N-ethyl adjacent to an activating group) is 1. The van der Waals surface area contributed by atoms with Crippen LogP contribution in [-0.2, 0) is 14.4 Å². The van der Waals surface area contributed by atoms with Gasteiger partial charge < -0.3 is 15.1 Å². The third-order valence-corrected chi connectivity index (χ3v) is 7.86. The Kier molecular flexibility index (Phi) is 8.83. The molecule has 1 aliphatic carbocycles. The molecule has 4 rings (SSSR count). The van der Waals surface area contributed by atoms with Gasteiger partial charge in [-0.15, -0.1) is 0 Å². The molecule has 38 heavy (non-hydrogen) atoms. The van der Waals surface area contributed by atoms with Crippen LogP contribution in [0.4, 0.5) is 5.69 Å². The average Bonchev–Trinajstić information content (AvgIpc) is 2.88. The summed E-state index contributed by atoms with van der Waals surface area (Å²) in [6.07, 6.45) is 6.20. The minimum atomic E-state index is -0.837. The fourth-order valence-electron chi connectivity index (χ4n) is 5.81. The number of aliphatic carboxylic acids is 1. The summed E-state index contributed by atoms with van der Waals surface area (Å²) in [5, 5.41) is 24.6. The molecule has 2 fully saturated rings. The highest BCUT2D eigenvalue weighted by atomic mass is 16.4. The number of aromatic hydroxyl groups is 1. The maximum atomic E-state index is 13.6. The molecule has 0 radical (unpaired) electrons. The first kappa shape index (κ1) is 27.8. The van der Waals surface area contributed by atoms with Gasteiger partial charge in [-0.1, -0.05) is 31.4 Å². The Bertz CT molecular complexity index is 1130. The Morgan fingerprint density at radius 1 is 1.08 bits per heavy atom. The standard InChI is InChI=1S/C28H39N5O5/c1-18-22(16-31(2)3)27(37)33(20-8-5-4-6-9-20)28(38)25(18)30-29-23-11-7-10-21(26(23)36)19-12-14-32(15-13-19)17-24(34)35/h7,10-11,19-20,29,36H,4-6,8-9,12-17H2,1-3H3,(H,34,35)/b30-25+. The number of hydrogen-bond acceptors (Lipinski definition) is 8. The van der Waals surface area contributed by atoms with Crippen LogP contribution in [0.1, 0.15) is 63.4 Å². The molecule has 0 atom stereocenters. The Morgan fingerprint density at radius 3 is 2.39 bits per heavy atom. The normalized spacial score (nSPS) is 21.6. The van der Waals surface area contributed by atoms with Gasteiger partial charge in [0.15, 0.2) is 5.71 Å².